The maximum atomic E-state index is 13.2. The van der Waals surface area contributed by atoms with E-state index in [4.69, 9.17) is 9.29 Å². The number of morpholine rings is 1. The van der Waals surface area contributed by atoms with Crippen LogP contribution in [0.2, 0.25) is 0 Å². The van der Waals surface area contributed by atoms with Gasteiger partial charge < -0.3 is 13.8 Å². The third-order valence-corrected chi connectivity index (χ3v) is 9.48. The Morgan fingerprint density at radius 1 is 1.26 bits per heavy atom. The molecule has 1 aromatic rings. The Kier molecular flexibility index (Phi) is 6.70. The standard InChI is InChI=1S/C26H35NO7S/c1-26-10-9-21-20-8-6-19(34-35(30,31)32)15-17(20)5-7-22(21)25(26)18(16-23(26)28)3-2-4-24(29)27-11-13-33-14-12-27/h6,8,15,18,21-22,25H,2-5,7,9-14,16H2,1H3,(H,30,31,32)/t18-,21-,22-,25+,26-/m1/s1. The van der Waals surface area contributed by atoms with E-state index in [1.165, 1.54) is 5.56 Å². The lowest BCUT2D eigenvalue weighted by Crippen LogP contribution is -2.44. The molecule has 35 heavy (non-hydrogen) atoms. The SMILES string of the molecule is C[C@]12CC[C@@H]3c4ccc(OS(=O)(=O)O)cc4CC[C@H]3[C@@H]1[C@H](CCCC(=O)N1CCOCC1)CC2=O. The summed E-state index contributed by atoms with van der Waals surface area (Å²) in [6.07, 6.45) is 6.41. The van der Waals surface area contributed by atoms with E-state index in [1.54, 1.807) is 12.1 Å². The quantitative estimate of drug-likeness (QED) is 0.589. The maximum absolute atomic E-state index is 13.2. The first-order valence-corrected chi connectivity index (χ1v) is 14.2. The van der Waals surface area contributed by atoms with Crippen LogP contribution in [0.1, 0.15) is 68.9 Å². The number of ketones is 1. The van der Waals surface area contributed by atoms with Crippen LogP contribution in [0.3, 0.4) is 0 Å². The van der Waals surface area contributed by atoms with E-state index in [9.17, 15) is 18.0 Å². The van der Waals surface area contributed by atoms with Gasteiger partial charge in [0, 0.05) is 31.3 Å². The van der Waals surface area contributed by atoms with Crippen molar-refractivity contribution in [1.82, 2.24) is 4.90 Å². The van der Waals surface area contributed by atoms with Gasteiger partial charge in [0.2, 0.25) is 5.91 Å². The number of amides is 1. The number of hydrogen-bond donors (Lipinski definition) is 1. The molecule has 1 aliphatic heterocycles. The number of nitrogens with zero attached hydrogens (tertiary/aromatic N) is 1. The smallest absolute Gasteiger partial charge is 0.378 e. The van der Waals surface area contributed by atoms with E-state index in [2.05, 4.69) is 11.1 Å². The van der Waals surface area contributed by atoms with Crippen molar-refractivity contribution in [3.8, 4) is 5.75 Å². The molecular weight excluding hydrogens is 470 g/mol. The number of Topliss-reactive ketones (excluding diaryl/α,β-unsaturated/α-hetero) is 1. The van der Waals surface area contributed by atoms with Gasteiger partial charge in [0.1, 0.15) is 11.5 Å². The van der Waals surface area contributed by atoms with Crippen molar-refractivity contribution in [3.63, 3.8) is 0 Å². The molecule has 1 aromatic carbocycles. The molecule has 8 nitrogen and oxygen atoms in total. The fourth-order valence-corrected chi connectivity index (χ4v) is 7.89. The van der Waals surface area contributed by atoms with Gasteiger partial charge in [-0.3, -0.25) is 14.1 Å². The molecule has 0 bridgehead atoms. The maximum Gasteiger partial charge on any atom is 0.446 e. The third-order valence-electron chi connectivity index (χ3n) is 9.07. The van der Waals surface area contributed by atoms with Gasteiger partial charge in [-0.05, 0) is 85.5 Å². The minimum absolute atomic E-state index is 0.129. The Morgan fingerprint density at radius 3 is 2.77 bits per heavy atom. The fourth-order valence-electron chi connectivity index (χ4n) is 7.54. The number of fused-ring (bicyclic) bond motifs is 5. The highest BCUT2D eigenvalue weighted by Gasteiger charge is 2.58. The van der Waals surface area contributed by atoms with E-state index < -0.39 is 10.4 Å². The third kappa shape index (κ3) is 4.87. The zero-order valence-corrected chi connectivity index (χ0v) is 21.1. The Labute approximate surface area is 207 Å². The first kappa shape index (κ1) is 24.7. The van der Waals surface area contributed by atoms with Crippen molar-refractivity contribution in [1.29, 1.82) is 0 Å². The van der Waals surface area contributed by atoms with Crippen molar-refractivity contribution in [3.05, 3.63) is 29.3 Å². The van der Waals surface area contributed by atoms with Crippen LogP contribution in [0.4, 0.5) is 0 Å². The molecule has 1 heterocycles. The molecule has 5 atom stereocenters. The molecular formula is C26H35NO7S. The number of carbonyl (C=O) groups is 2. The van der Waals surface area contributed by atoms with Crippen LogP contribution in [0.5, 0.6) is 5.75 Å². The predicted octanol–water partition coefficient (Wildman–Crippen LogP) is 3.55. The average Bonchev–Trinajstić information content (AvgIpc) is 3.08. The van der Waals surface area contributed by atoms with E-state index in [1.807, 2.05) is 11.0 Å². The Bertz CT molecular complexity index is 1100. The molecule has 3 fully saturated rings. The predicted molar refractivity (Wildman–Crippen MR) is 128 cm³/mol. The number of hydrogen-bond acceptors (Lipinski definition) is 6. The lowest BCUT2D eigenvalue weighted by atomic mass is 9.54. The monoisotopic (exact) mass is 505 g/mol. The lowest BCUT2D eigenvalue weighted by Gasteiger charge is -2.50. The van der Waals surface area contributed by atoms with E-state index >= 15 is 0 Å². The van der Waals surface area contributed by atoms with Gasteiger partial charge in [-0.1, -0.05) is 13.0 Å². The Balaban J connectivity index is 1.29. The molecule has 0 aromatic heterocycles. The fraction of sp³-hybridized carbons (Fsp3) is 0.692. The van der Waals surface area contributed by atoms with Crippen LogP contribution in [0.25, 0.3) is 0 Å². The van der Waals surface area contributed by atoms with Gasteiger partial charge >= 0.3 is 10.4 Å². The van der Waals surface area contributed by atoms with Crippen molar-refractivity contribution < 1.29 is 31.5 Å². The van der Waals surface area contributed by atoms with Crippen molar-refractivity contribution >= 4 is 22.1 Å². The molecule has 1 N–H and O–H groups in total. The van der Waals surface area contributed by atoms with Gasteiger partial charge in [-0.15, -0.1) is 0 Å². The van der Waals surface area contributed by atoms with Gasteiger partial charge in [0.25, 0.3) is 0 Å². The van der Waals surface area contributed by atoms with Gasteiger partial charge in [-0.2, -0.15) is 8.42 Å². The van der Waals surface area contributed by atoms with Gasteiger partial charge in [0.15, 0.2) is 0 Å². The highest BCUT2D eigenvalue weighted by Crippen LogP contribution is 2.62. The second-order valence-electron chi connectivity index (χ2n) is 10.9. The zero-order chi connectivity index (χ0) is 24.8. The highest BCUT2D eigenvalue weighted by atomic mass is 32.3. The van der Waals surface area contributed by atoms with Crippen LogP contribution in [0, 0.1) is 23.2 Å². The number of ether oxygens (including phenoxy) is 1. The summed E-state index contributed by atoms with van der Waals surface area (Å²) in [7, 11) is -4.55. The first-order valence-electron chi connectivity index (χ1n) is 12.8. The normalized spacial score (nSPS) is 32.5. The number of carbonyl (C=O) groups excluding carboxylic acids is 2. The Hall–Kier alpha value is -1.97. The van der Waals surface area contributed by atoms with Crippen LogP contribution >= 0.6 is 0 Å². The molecule has 9 heteroatoms. The van der Waals surface area contributed by atoms with Crippen LogP contribution in [-0.4, -0.2) is 55.9 Å². The summed E-state index contributed by atoms with van der Waals surface area (Å²) in [5, 5.41) is 0. The molecule has 0 unspecified atom stereocenters. The second kappa shape index (κ2) is 9.48. The summed E-state index contributed by atoms with van der Waals surface area (Å²) >= 11 is 0. The topological polar surface area (TPSA) is 110 Å². The van der Waals surface area contributed by atoms with Crippen molar-refractivity contribution in [2.24, 2.45) is 23.2 Å². The summed E-state index contributed by atoms with van der Waals surface area (Å²) in [6, 6.07) is 5.26. The minimum Gasteiger partial charge on any atom is -0.378 e. The number of aryl methyl sites for hydroxylation is 1. The summed E-state index contributed by atoms with van der Waals surface area (Å²) in [5.74, 6) is 2.06. The number of rotatable bonds is 6. The second-order valence-corrected chi connectivity index (χ2v) is 12.0. The van der Waals surface area contributed by atoms with Crippen molar-refractivity contribution in [2.75, 3.05) is 26.3 Å². The molecule has 5 rings (SSSR count). The summed E-state index contributed by atoms with van der Waals surface area (Å²) < 4.78 is 41.3. The summed E-state index contributed by atoms with van der Waals surface area (Å²) in [5.41, 5.74) is 1.99. The Morgan fingerprint density at radius 2 is 2.03 bits per heavy atom. The van der Waals surface area contributed by atoms with Crippen molar-refractivity contribution in [2.45, 2.75) is 64.2 Å². The molecule has 1 saturated heterocycles. The summed E-state index contributed by atoms with van der Waals surface area (Å²) in [4.78, 5) is 27.7. The zero-order valence-electron chi connectivity index (χ0n) is 20.3. The molecule has 192 valence electrons. The minimum atomic E-state index is -4.55. The molecule has 1 amide bonds. The first-order chi connectivity index (χ1) is 16.7. The molecule has 0 spiro atoms. The van der Waals surface area contributed by atoms with E-state index in [0.717, 1.165) is 44.1 Å². The van der Waals surface area contributed by atoms with Gasteiger partial charge in [0.05, 0.1) is 13.2 Å². The van der Waals surface area contributed by atoms with E-state index in [0.29, 0.717) is 68.6 Å². The molecule has 0 radical (unpaired) electrons. The highest BCUT2D eigenvalue weighted by molar-refractivity contribution is 7.81. The average molecular weight is 506 g/mol. The molecule has 3 aliphatic carbocycles. The van der Waals surface area contributed by atoms with E-state index in [-0.39, 0.29) is 17.1 Å². The van der Waals surface area contributed by atoms with Crippen LogP contribution < -0.4 is 4.18 Å². The largest absolute Gasteiger partial charge is 0.446 e. The van der Waals surface area contributed by atoms with Crippen LogP contribution in [0.15, 0.2) is 18.2 Å². The molecule has 4 aliphatic rings. The lowest BCUT2D eigenvalue weighted by molar-refractivity contribution is -0.135. The van der Waals surface area contributed by atoms with Crippen LogP contribution in [-0.2, 0) is 31.1 Å². The molecule has 2 saturated carbocycles. The number of benzene rings is 1. The summed E-state index contributed by atoms with van der Waals surface area (Å²) in [6.45, 7) is 4.71. The van der Waals surface area contributed by atoms with Gasteiger partial charge in [-0.25, -0.2) is 0 Å².